The quantitative estimate of drug-likeness (QED) is 0.778. The molecule has 0 heterocycles. The van der Waals surface area contributed by atoms with Crippen LogP contribution in [0.4, 0.5) is 0 Å². The highest BCUT2D eigenvalue weighted by atomic mass is 16.5. The van der Waals surface area contributed by atoms with Crippen molar-refractivity contribution >= 4 is 5.78 Å². The van der Waals surface area contributed by atoms with Gasteiger partial charge in [-0.2, -0.15) is 0 Å². The Bertz CT molecular complexity index is 563. The Kier molecular flexibility index (Phi) is 2.70. The molecule has 1 aromatic rings. The maximum Gasteiger partial charge on any atom is 0.134 e. The van der Waals surface area contributed by atoms with E-state index in [9.17, 15) is 4.79 Å². The summed E-state index contributed by atoms with van der Waals surface area (Å²) >= 11 is 0. The van der Waals surface area contributed by atoms with Crippen molar-refractivity contribution in [2.75, 3.05) is 7.11 Å². The molecule has 0 radical (unpaired) electrons. The number of fused-ring (bicyclic) bond motifs is 1. The van der Waals surface area contributed by atoms with Crippen molar-refractivity contribution in [3.63, 3.8) is 0 Å². The normalized spacial score (nSPS) is 35.1. The molecule has 106 valence electrons. The number of rotatable bonds is 1. The third-order valence-electron chi connectivity index (χ3n) is 5.98. The van der Waals surface area contributed by atoms with Gasteiger partial charge in [-0.15, -0.1) is 0 Å². The lowest BCUT2D eigenvalue weighted by Crippen LogP contribution is -2.52. The molecule has 0 saturated heterocycles. The van der Waals surface area contributed by atoms with Crippen LogP contribution in [-0.4, -0.2) is 12.9 Å². The van der Waals surface area contributed by atoms with Crippen molar-refractivity contribution in [2.45, 2.75) is 50.4 Å². The Labute approximate surface area is 120 Å². The molecule has 3 aliphatic carbocycles. The first-order chi connectivity index (χ1) is 9.74. The van der Waals surface area contributed by atoms with Crippen LogP contribution in [0.5, 0.6) is 5.75 Å². The lowest BCUT2D eigenvalue weighted by atomic mass is 9.48. The maximum atomic E-state index is 12.3. The van der Waals surface area contributed by atoms with E-state index in [1.165, 1.54) is 36.8 Å². The number of carbonyl (C=O) groups excluding carboxylic acids is 1. The largest absolute Gasteiger partial charge is 0.496 e. The van der Waals surface area contributed by atoms with E-state index in [1.807, 2.05) is 0 Å². The van der Waals surface area contributed by atoms with E-state index in [1.54, 1.807) is 7.11 Å². The molecule has 0 amide bonds. The number of hydrogen-bond donors (Lipinski definition) is 0. The summed E-state index contributed by atoms with van der Waals surface area (Å²) in [5.74, 6) is 2.78. The summed E-state index contributed by atoms with van der Waals surface area (Å²) in [4.78, 5) is 12.3. The lowest BCUT2D eigenvalue weighted by molar-refractivity contribution is -0.127. The number of carbonyl (C=O) groups is 1. The first kappa shape index (κ1) is 12.4. The predicted octanol–water partition coefficient (Wildman–Crippen LogP) is 3.66. The van der Waals surface area contributed by atoms with Crippen LogP contribution in [0.2, 0.25) is 0 Å². The van der Waals surface area contributed by atoms with Gasteiger partial charge in [0.15, 0.2) is 0 Å². The molecule has 2 heteroatoms. The number of ketones is 1. The molecule has 20 heavy (non-hydrogen) atoms. The van der Waals surface area contributed by atoms with Gasteiger partial charge in [0.2, 0.25) is 0 Å². The molecular formula is C18H22O2. The van der Waals surface area contributed by atoms with Gasteiger partial charge >= 0.3 is 0 Å². The molecule has 0 N–H and O–H groups in total. The summed E-state index contributed by atoms with van der Waals surface area (Å²) in [6.07, 6.45) is 7.70. The highest BCUT2D eigenvalue weighted by Crippen LogP contribution is 2.59. The average molecular weight is 270 g/mol. The SMILES string of the molecule is COc1cccc2c1[C@@]13CCCC[C@H]1[C@H](CC(=O)C3)C2. The molecule has 0 unspecified atom stereocenters. The zero-order valence-corrected chi connectivity index (χ0v) is 12.2. The summed E-state index contributed by atoms with van der Waals surface area (Å²) < 4.78 is 5.67. The van der Waals surface area contributed by atoms with Gasteiger partial charge in [-0.25, -0.2) is 0 Å². The number of benzene rings is 1. The zero-order chi connectivity index (χ0) is 13.7. The summed E-state index contributed by atoms with van der Waals surface area (Å²) in [6.45, 7) is 0. The van der Waals surface area contributed by atoms with Crippen LogP contribution in [0, 0.1) is 11.8 Å². The fourth-order valence-corrected chi connectivity index (χ4v) is 5.41. The Hall–Kier alpha value is -1.31. The van der Waals surface area contributed by atoms with Crippen LogP contribution in [0.3, 0.4) is 0 Å². The molecule has 2 bridgehead atoms. The Morgan fingerprint density at radius 3 is 3.00 bits per heavy atom. The molecule has 0 aromatic heterocycles. The Morgan fingerprint density at radius 1 is 1.25 bits per heavy atom. The lowest BCUT2D eigenvalue weighted by Gasteiger charge is -2.55. The zero-order valence-electron chi connectivity index (χ0n) is 12.2. The van der Waals surface area contributed by atoms with Gasteiger partial charge in [0.25, 0.3) is 0 Å². The fraction of sp³-hybridized carbons (Fsp3) is 0.611. The van der Waals surface area contributed by atoms with Gasteiger partial charge in [-0.1, -0.05) is 25.0 Å². The summed E-state index contributed by atoms with van der Waals surface area (Å²) in [7, 11) is 1.76. The second kappa shape index (κ2) is 4.34. The van der Waals surface area contributed by atoms with Crippen LogP contribution in [0.1, 0.15) is 49.7 Å². The van der Waals surface area contributed by atoms with E-state index >= 15 is 0 Å². The molecule has 2 nitrogen and oxygen atoms in total. The smallest absolute Gasteiger partial charge is 0.134 e. The van der Waals surface area contributed by atoms with Crippen molar-refractivity contribution in [1.29, 1.82) is 0 Å². The van der Waals surface area contributed by atoms with Gasteiger partial charge in [-0.05, 0) is 42.7 Å². The molecule has 1 aromatic carbocycles. The Balaban J connectivity index is 1.95. The standard InChI is InChI=1S/C18H22O2/c1-20-16-7-4-5-12-9-13-10-14(19)11-18(17(12)16)8-3-2-6-15(13)18/h4-5,7,13,15H,2-3,6,8-11H2,1H3/t13-,15-,18+/m0/s1. The first-order valence-electron chi connectivity index (χ1n) is 7.93. The predicted molar refractivity (Wildman–Crippen MR) is 78.1 cm³/mol. The number of ether oxygens (including phenoxy) is 1. The maximum absolute atomic E-state index is 12.3. The minimum atomic E-state index is 0.0957. The summed E-state index contributed by atoms with van der Waals surface area (Å²) in [5.41, 5.74) is 2.93. The topological polar surface area (TPSA) is 26.3 Å². The van der Waals surface area contributed by atoms with Gasteiger partial charge in [0.05, 0.1) is 7.11 Å². The monoisotopic (exact) mass is 270 g/mol. The third kappa shape index (κ3) is 1.54. The van der Waals surface area contributed by atoms with Gasteiger partial charge < -0.3 is 4.74 Å². The van der Waals surface area contributed by atoms with E-state index in [-0.39, 0.29) is 5.41 Å². The molecule has 2 saturated carbocycles. The van der Waals surface area contributed by atoms with Crippen molar-refractivity contribution in [3.05, 3.63) is 29.3 Å². The second-order valence-corrected chi connectivity index (χ2v) is 6.89. The molecule has 3 atom stereocenters. The van der Waals surface area contributed by atoms with E-state index in [0.29, 0.717) is 17.6 Å². The molecule has 0 aliphatic heterocycles. The highest BCUT2D eigenvalue weighted by Gasteiger charge is 2.54. The minimum absolute atomic E-state index is 0.0957. The molecular weight excluding hydrogens is 248 g/mol. The van der Waals surface area contributed by atoms with Crippen molar-refractivity contribution in [1.82, 2.24) is 0 Å². The molecule has 4 rings (SSSR count). The van der Waals surface area contributed by atoms with E-state index in [0.717, 1.165) is 25.0 Å². The summed E-state index contributed by atoms with van der Waals surface area (Å²) in [5, 5.41) is 0. The number of Topliss-reactive ketones (excluding diaryl/α,β-unsaturated/α-hetero) is 1. The van der Waals surface area contributed by atoms with Crippen molar-refractivity contribution in [3.8, 4) is 5.75 Å². The van der Waals surface area contributed by atoms with Crippen molar-refractivity contribution in [2.24, 2.45) is 11.8 Å². The van der Waals surface area contributed by atoms with Gasteiger partial charge in [-0.3, -0.25) is 4.79 Å². The van der Waals surface area contributed by atoms with Crippen LogP contribution in [0.25, 0.3) is 0 Å². The number of methoxy groups -OCH3 is 1. The fourth-order valence-electron chi connectivity index (χ4n) is 5.41. The third-order valence-corrected chi connectivity index (χ3v) is 5.98. The van der Waals surface area contributed by atoms with E-state index < -0.39 is 0 Å². The van der Waals surface area contributed by atoms with Crippen LogP contribution < -0.4 is 4.74 Å². The van der Waals surface area contributed by atoms with Crippen LogP contribution in [-0.2, 0) is 16.6 Å². The minimum Gasteiger partial charge on any atom is -0.496 e. The average Bonchev–Trinajstić information content (AvgIpc) is 2.45. The second-order valence-electron chi connectivity index (χ2n) is 6.89. The first-order valence-corrected chi connectivity index (χ1v) is 7.93. The van der Waals surface area contributed by atoms with Gasteiger partial charge in [0, 0.05) is 23.8 Å². The van der Waals surface area contributed by atoms with E-state index in [2.05, 4.69) is 18.2 Å². The van der Waals surface area contributed by atoms with Crippen LogP contribution >= 0.6 is 0 Å². The highest BCUT2D eigenvalue weighted by molar-refractivity contribution is 5.82. The van der Waals surface area contributed by atoms with Crippen molar-refractivity contribution < 1.29 is 9.53 Å². The molecule has 0 spiro atoms. The molecule has 2 fully saturated rings. The van der Waals surface area contributed by atoms with E-state index in [4.69, 9.17) is 4.74 Å². The van der Waals surface area contributed by atoms with Crippen LogP contribution in [0.15, 0.2) is 18.2 Å². The number of hydrogen-bond acceptors (Lipinski definition) is 2. The summed E-state index contributed by atoms with van der Waals surface area (Å²) in [6, 6.07) is 6.45. The van der Waals surface area contributed by atoms with Gasteiger partial charge in [0.1, 0.15) is 11.5 Å². The Morgan fingerprint density at radius 2 is 2.15 bits per heavy atom. The molecule has 3 aliphatic rings.